The van der Waals surface area contributed by atoms with Crippen LogP contribution in [-0.2, 0) is 53.8 Å². The summed E-state index contributed by atoms with van der Waals surface area (Å²) in [4.78, 5) is 56.6. The van der Waals surface area contributed by atoms with Crippen LogP contribution in [0.2, 0.25) is 182 Å². The highest BCUT2D eigenvalue weighted by Crippen LogP contribution is 2.27. The van der Waals surface area contributed by atoms with Crippen LogP contribution >= 0.6 is 0 Å². The number of hydrogen-bond acceptors (Lipinski definition) is 17. The van der Waals surface area contributed by atoms with E-state index < -0.39 is 156 Å². The number of rotatable bonds is 44. The van der Waals surface area contributed by atoms with E-state index >= 15 is 0 Å². The molecule has 0 unspecified atom stereocenters. The van der Waals surface area contributed by atoms with Crippen molar-refractivity contribution in [1.29, 1.82) is 0 Å². The van der Waals surface area contributed by atoms with Crippen LogP contribution in [0.3, 0.4) is 0 Å². The van der Waals surface area contributed by atoms with E-state index in [9.17, 15) is 19.2 Å². The van der Waals surface area contributed by atoms with E-state index in [4.69, 9.17) is 53.8 Å². The first kappa shape index (κ1) is 82.8. The highest BCUT2D eigenvalue weighted by atomic mass is 28.5. The molecular weight excluding hydrogens is 1340 g/mol. The van der Waals surface area contributed by atoms with Gasteiger partial charge in [-0.15, -0.1) is 0 Å². The summed E-state index contributed by atoms with van der Waals surface area (Å²) in [7, 11) is -27.5. The first-order valence-corrected chi connectivity index (χ1v) is 67.0. The lowest BCUT2D eigenvalue weighted by molar-refractivity contribution is 0.0908. The van der Waals surface area contributed by atoms with Gasteiger partial charge in [-0.05, 0) is 220 Å². The zero-order valence-corrected chi connectivity index (χ0v) is 72.1. The Bertz CT molecular complexity index is 2220. The maximum Gasteiger partial charge on any atom is 0.362 e. The van der Waals surface area contributed by atoms with Crippen LogP contribution in [0.1, 0.15) is 80.5 Å². The van der Waals surface area contributed by atoms with Gasteiger partial charge in [0, 0.05) is 33.3 Å². The molecule has 0 fully saturated rings. The molecule has 1 rings (SSSR count). The third kappa shape index (κ3) is 37.8. The highest BCUT2D eigenvalue weighted by molar-refractivity contribution is 6.89. The molecule has 4 amide bonds. The lowest BCUT2D eigenvalue weighted by atomic mass is 9.95. The summed E-state index contributed by atoms with van der Waals surface area (Å²) in [5.74, 6) is -2.11. The Labute approximate surface area is 534 Å². The number of nitrogens with one attached hydrogen (secondary N) is 4. The topological polar surface area (TPSA) is 236 Å². The van der Waals surface area contributed by atoms with Gasteiger partial charge in [0.1, 0.15) is 0 Å². The van der Waals surface area contributed by atoms with Crippen LogP contribution in [0.25, 0.3) is 0 Å². The minimum absolute atomic E-state index is 0.00693. The molecule has 4 N–H and O–H groups in total. The SMILES string of the molecule is CCCCNC(=O)c1cc(C(=O)NCCC[Si](C)O[Si](C)O[Si](C)O[Si](C)O[Si](C)(C)O[Si](C)O[Si](C)(C)C)c(C(=O)NCCC[Si](C)O[Si](C)(C)O[Si](C)(C)O[Si](C)(C)O[Si](C)(C)O[Si](C)O[Si](C)(C)C)cc1C(=O)NCCC[Si](C)(C)OC. The standard InChI is InChI=1S/C49H111N4O17Si15/c1-28-29-33-50-46(54)42-40-43(47(55)51-34-30-37-71(3)59-73(5)60-74(6)61-75(7)65-81(18,19)66-76(8)63-78(10,11)12)44(41-45(42)49(57)53-36-32-39-80(16,17)58-2)48(56)52-35-31-38-72(4)62-82(20,21)68-84(24,25)70-85(26,27)69-83(22,23)67-77(9)64-79(13,14)15/h40-41H,28-39H2,1-27H3,(H,50,54)(H,51,55)(H,52,56)(H,53,57). The molecule has 0 aliphatic rings. The van der Waals surface area contributed by atoms with Gasteiger partial charge in [0.05, 0.1) is 22.3 Å². The van der Waals surface area contributed by atoms with Crippen molar-refractivity contribution in [2.24, 2.45) is 0 Å². The molecule has 85 heavy (non-hydrogen) atoms. The van der Waals surface area contributed by atoms with Gasteiger partial charge in [-0.25, -0.2) is 0 Å². The summed E-state index contributed by atoms with van der Waals surface area (Å²) in [5.41, 5.74) is -0.00408. The van der Waals surface area contributed by atoms with Crippen molar-refractivity contribution in [3.05, 3.63) is 34.4 Å². The molecule has 0 saturated heterocycles. The van der Waals surface area contributed by atoms with Crippen LogP contribution in [0.5, 0.6) is 0 Å². The summed E-state index contributed by atoms with van der Waals surface area (Å²) < 4.78 is 82.9. The Kier molecular flexibility index (Phi) is 36.6. The molecule has 7 radical (unpaired) electrons. The number of carbonyl (C=O) groups is 4. The fourth-order valence-electron chi connectivity index (χ4n) is 9.06. The first-order chi connectivity index (χ1) is 38.7. The van der Waals surface area contributed by atoms with E-state index in [1.807, 2.05) is 105 Å². The minimum atomic E-state index is -2.74. The lowest BCUT2D eigenvalue weighted by Gasteiger charge is -2.41. The van der Waals surface area contributed by atoms with Crippen molar-refractivity contribution in [3.63, 3.8) is 0 Å². The number of hydrogen-bond donors (Lipinski definition) is 4. The van der Waals surface area contributed by atoms with Gasteiger partial charge >= 0.3 is 89.2 Å². The number of unbranched alkanes of at least 4 members (excludes halogenated alkanes) is 1. The van der Waals surface area contributed by atoms with E-state index in [2.05, 4.69) is 86.7 Å². The summed E-state index contributed by atoms with van der Waals surface area (Å²) >= 11 is 0. The molecule has 1 aromatic rings. The molecule has 0 aliphatic heterocycles. The maximum atomic E-state index is 14.3. The summed E-state index contributed by atoms with van der Waals surface area (Å²) in [6.45, 7) is 54.8. The van der Waals surface area contributed by atoms with Crippen LogP contribution in [-0.4, -0.2) is 189 Å². The molecule has 0 saturated carbocycles. The Morgan fingerprint density at radius 2 is 0.718 bits per heavy atom. The average molecular weight is 1450 g/mol. The highest BCUT2D eigenvalue weighted by Gasteiger charge is 2.46. The van der Waals surface area contributed by atoms with E-state index in [0.717, 1.165) is 18.9 Å². The molecule has 36 heteroatoms. The smallest absolute Gasteiger partial charge is 0.362 e. The van der Waals surface area contributed by atoms with Gasteiger partial charge in [-0.1, -0.05) is 13.3 Å². The molecule has 0 bridgehead atoms. The quantitative estimate of drug-likeness (QED) is 0.0351. The van der Waals surface area contributed by atoms with Crippen molar-refractivity contribution in [2.75, 3.05) is 33.3 Å². The van der Waals surface area contributed by atoms with E-state index in [1.165, 1.54) is 12.1 Å². The second-order valence-corrected chi connectivity index (χ2v) is 71.3. The third-order valence-corrected chi connectivity index (χ3v) is 55.2. The van der Waals surface area contributed by atoms with Crippen LogP contribution in [0, 0.1) is 0 Å². The zero-order chi connectivity index (χ0) is 65.6. The number of benzene rings is 1. The Morgan fingerprint density at radius 1 is 0.388 bits per heavy atom. The van der Waals surface area contributed by atoms with Gasteiger partial charge in [0.15, 0.2) is 43.0 Å². The predicted molar refractivity (Wildman–Crippen MR) is 372 cm³/mol. The second kappa shape index (κ2) is 37.5. The fraction of sp³-hybridized carbons (Fsp3) is 0.796. The molecule has 0 aromatic heterocycles. The predicted octanol–water partition coefficient (Wildman–Crippen LogP) is 10.6. The Balaban J connectivity index is 3.23. The number of carbonyl (C=O) groups excluding carboxylic acids is 4. The van der Waals surface area contributed by atoms with Crippen LogP contribution in [0.15, 0.2) is 12.1 Å². The first-order valence-electron chi connectivity index (χ1n) is 29.7. The van der Waals surface area contributed by atoms with Gasteiger partial charge in [-0.3, -0.25) is 19.2 Å². The molecular formula is C49H111N4O17Si15. The summed E-state index contributed by atoms with van der Waals surface area (Å²) in [6.07, 6.45) is 3.42. The minimum Gasteiger partial charge on any atom is -0.436 e. The van der Waals surface area contributed by atoms with Crippen molar-refractivity contribution in [2.45, 2.75) is 221 Å². The van der Waals surface area contributed by atoms with E-state index in [1.54, 1.807) is 7.11 Å². The largest absolute Gasteiger partial charge is 0.436 e. The van der Waals surface area contributed by atoms with Crippen molar-refractivity contribution in [3.8, 4) is 0 Å². The monoisotopic (exact) mass is 1450 g/mol. The Morgan fingerprint density at radius 3 is 1.12 bits per heavy atom. The number of amides is 4. The lowest BCUT2D eigenvalue weighted by Crippen LogP contribution is -2.58. The molecule has 1 aromatic carbocycles. The van der Waals surface area contributed by atoms with Gasteiger partial charge < -0.3 is 75.1 Å². The van der Waals surface area contributed by atoms with Crippen molar-refractivity contribution in [1.82, 2.24) is 21.3 Å². The molecule has 489 valence electrons. The Hall–Kier alpha value is -0.167. The van der Waals surface area contributed by atoms with Gasteiger partial charge in [-0.2, -0.15) is 0 Å². The summed E-state index contributed by atoms with van der Waals surface area (Å²) in [6, 6.07) is 4.98. The van der Waals surface area contributed by atoms with Crippen LogP contribution in [0.4, 0.5) is 0 Å². The summed E-state index contributed by atoms with van der Waals surface area (Å²) in [5, 5.41) is 11.9. The van der Waals surface area contributed by atoms with Crippen LogP contribution < -0.4 is 21.3 Å². The molecule has 21 nitrogen and oxygen atoms in total. The molecule has 0 spiro atoms. The molecule has 0 aliphatic carbocycles. The fourth-order valence-corrected chi connectivity index (χ4v) is 55.8. The average Bonchev–Trinajstić information content (AvgIpc) is 3.25. The molecule has 0 heterocycles. The van der Waals surface area contributed by atoms with Crippen molar-refractivity contribution < 1.29 is 73.0 Å². The second-order valence-electron chi connectivity index (χ2n) is 25.9. The third-order valence-electron chi connectivity index (χ3n) is 11.6. The zero-order valence-electron chi connectivity index (χ0n) is 57.1. The molecule has 0 atom stereocenters. The van der Waals surface area contributed by atoms with Gasteiger partial charge in [0.25, 0.3) is 23.6 Å². The van der Waals surface area contributed by atoms with Crippen molar-refractivity contribution >= 4 is 156 Å². The maximum absolute atomic E-state index is 14.3. The van der Waals surface area contributed by atoms with E-state index in [0.29, 0.717) is 44.4 Å². The van der Waals surface area contributed by atoms with E-state index in [-0.39, 0.29) is 35.3 Å². The van der Waals surface area contributed by atoms with Gasteiger partial charge in [0.2, 0.25) is 0 Å². The normalized spacial score (nSPS) is 13.6.